The normalized spacial score (nSPS) is 11.6. The van der Waals surface area contributed by atoms with Gasteiger partial charge in [-0.1, -0.05) is 13.8 Å². The van der Waals surface area contributed by atoms with E-state index in [-0.39, 0.29) is 0 Å². The molecule has 3 N–H and O–H groups in total. The van der Waals surface area contributed by atoms with Gasteiger partial charge in [-0.3, -0.25) is 0 Å². The highest BCUT2D eigenvalue weighted by Crippen LogP contribution is 2.32. The fourth-order valence-corrected chi connectivity index (χ4v) is 2.83. The van der Waals surface area contributed by atoms with Crippen LogP contribution in [-0.2, 0) is 6.42 Å². The molecule has 0 spiro atoms. The lowest BCUT2D eigenvalue weighted by Crippen LogP contribution is -2.03. The zero-order valence-electron chi connectivity index (χ0n) is 10.6. The molecule has 0 unspecified atom stereocenters. The van der Waals surface area contributed by atoms with E-state index in [2.05, 4.69) is 53.8 Å². The van der Waals surface area contributed by atoms with E-state index in [4.69, 9.17) is 5.73 Å². The highest BCUT2D eigenvalue weighted by molar-refractivity contribution is 9.10. The van der Waals surface area contributed by atoms with Crippen LogP contribution in [0.25, 0.3) is 10.9 Å². The first kappa shape index (κ1) is 12.7. The third-order valence-corrected chi connectivity index (χ3v) is 3.89. The van der Waals surface area contributed by atoms with Crippen molar-refractivity contribution in [2.24, 2.45) is 5.73 Å². The molecule has 1 heterocycles. The van der Waals surface area contributed by atoms with Crippen LogP contribution in [0.1, 0.15) is 36.6 Å². The summed E-state index contributed by atoms with van der Waals surface area (Å²) in [6.07, 6.45) is 0.930. The number of H-pyrrole nitrogens is 1. The minimum atomic E-state index is 0.539. The molecule has 17 heavy (non-hydrogen) atoms. The molecule has 0 saturated carbocycles. The lowest BCUT2D eigenvalue weighted by atomic mass is 9.99. The van der Waals surface area contributed by atoms with Crippen LogP contribution >= 0.6 is 15.9 Å². The molecule has 0 bridgehead atoms. The maximum Gasteiger partial charge on any atom is 0.0603 e. The third kappa shape index (κ3) is 2.26. The number of halogens is 1. The van der Waals surface area contributed by atoms with Crippen molar-refractivity contribution in [3.05, 3.63) is 33.4 Å². The number of aromatic nitrogens is 1. The average molecular weight is 295 g/mol. The van der Waals surface area contributed by atoms with Crippen LogP contribution in [0.5, 0.6) is 0 Å². The summed E-state index contributed by atoms with van der Waals surface area (Å²) in [4.78, 5) is 3.44. The largest absolute Gasteiger partial charge is 0.357 e. The molecule has 3 heteroatoms. The number of aromatic amines is 1. The van der Waals surface area contributed by atoms with E-state index in [9.17, 15) is 0 Å². The summed E-state index contributed by atoms with van der Waals surface area (Å²) in [6, 6.07) is 4.49. The Kier molecular flexibility index (Phi) is 3.59. The maximum absolute atomic E-state index is 5.69. The van der Waals surface area contributed by atoms with Crippen molar-refractivity contribution < 1.29 is 0 Å². The van der Waals surface area contributed by atoms with E-state index in [1.54, 1.807) is 0 Å². The Bertz CT molecular complexity index is 541. The van der Waals surface area contributed by atoms with Crippen molar-refractivity contribution >= 4 is 26.8 Å². The van der Waals surface area contributed by atoms with Crippen LogP contribution in [0.3, 0.4) is 0 Å². The quantitative estimate of drug-likeness (QED) is 0.887. The molecular weight excluding hydrogens is 276 g/mol. The number of nitrogens with one attached hydrogen (secondary N) is 1. The second-order valence-electron chi connectivity index (χ2n) is 4.85. The van der Waals surface area contributed by atoms with Crippen molar-refractivity contribution in [3.63, 3.8) is 0 Å². The zero-order valence-corrected chi connectivity index (χ0v) is 12.2. The second kappa shape index (κ2) is 4.83. The standard InChI is InChI=1S/C14H19BrN2/c1-8(2)10-6-12-11(4-5-16)9(3)17-14(12)13(15)7-10/h6-8,17H,4-5,16H2,1-3H3. The topological polar surface area (TPSA) is 41.8 Å². The van der Waals surface area contributed by atoms with E-state index >= 15 is 0 Å². The number of fused-ring (bicyclic) bond motifs is 1. The molecule has 1 aromatic heterocycles. The molecule has 92 valence electrons. The van der Waals surface area contributed by atoms with Gasteiger partial charge in [0.05, 0.1) is 5.52 Å². The van der Waals surface area contributed by atoms with Crippen molar-refractivity contribution in [1.82, 2.24) is 4.98 Å². The van der Waals surface area contributed by atoms with Gasteiger partial charge in [0.25, 0.3) is 0 Å². The van der Waals surface area contributed by atoms with Gasteiger partial charge in [-0.2, -0.15) is 0 Å². The first-order valence-electron chi connectivity index (χ1n) is 6.05. The highest BCUT2D eigenvalue weighted by Gasteiger charge is 2.12. The van der Waals surface area contributed by atoms with Gasteiger partial charge in [-0.25, -0.2) is 0 Å². The molecular formula is C14H19BrN2. The van der Waals surface area contributed by atoms with Gasteiger partial charge < -0.3 is 10.7 Å². The summed E-state index contributed by atoms with van der Waals surface area (Å²) in [5.74, 6) is 0.539. The van der Waals surface area contributed by atoms with Crippen LogP contribution in [0.4, 0.5) is 0 Å². The zero-order chi connectivity index (χ0) is 12.6. The second-order valence-corrected chi connectivity index (χ2v) is 5.70. The van der Waals surface area contributed by atoms with Gasteiger partial charge >= 0.3 is 0 Å². The molecule has 2 rings (SSSR count). The molecule has 0 aliphatic carbocycles. The number of hydrogen-bond donors (Lipinski definition) is 2. The Morgan fingerprint density at radius 2 is 2.06 bits per heavy atom. The van der Waals surface area contributed by atoms with Gasteiger partial charge in [0.1, 0.15) is 0 Å². The Morgan fingerprint density at radius 1 is 1.35 bits per heavy atom. The molecule has 0 fully saturated rings. The fourth-order valence-electron chi connectivity index (χ4n) is 2.26. The minimum Gasteiger partial charge on any atom is -0.357 e. The number of hydrogen-bond acceptors (Lipinski definition) is 1. The summed E-state index contributed by atoms with van der Waals surface area (Å²) >= 11 is 3.65. The van der Waals surface area contributed by atoms with E-state index in [0.29, 0.717) is 12.5 Å². The molecule has 0 atom stereocenters. The fraction of sp³-hybridized carbons (Fsp3) is 0.429. The van der Waals surface area contributed by atoms with Gasteiger partial charge in [-0.05, 0) is 65.0 Å². The Balaban J connectivity index is 2.70. The average Bonchev–Trinajstić information content (AvgIpc) is 2.57. The summed E-state index contributed by atoms with van der Waals surface area (Å²) in [7, 11) is 0. The third-order valence-electron chi connectivity index (χ3n) is 3.26. The van der Waals surface area contributed by atoms with Gasteiger partial charge in [0.2, 0.25) is 0 Å². The lowest BCUT2D eigenvalue weighted by molar-refractivity contribution is 0.867. The number of benzene rings is 1. The highest BCUT2D eigenvalue weighted by atomic mass is 79.9. The number of nitrogens with two attached hydrogens (primary N) is 1. The molecule has 0 radical (unpaired) electrons. The Labute approximate surface area is 111 Å². The summed E-state index contributed by atoms with van der Waals surface area (Å²) in [5, 5.41) is 1.31. The van der Waals surface area contributed by atoms with Crippen LogP contribution in [0.15, 0.2) is 16.6 Å². The summed E-state index contributed by atoms with van der Waals surface area (Å²) < 4.78 is 1.14. The molecule has 2 aromatic rings. The number of aryl methyl sites for hydroxylation is 1. The lowest BCUT2D eigenvalue weighted by Gasteiger charge is -2.08. The van der Waals surface area contributed by atoms with Gasteiger partial charge in [-0.15, -0.1) is 0 Å². The van der Waals surface area contributed by atoms with Crippen molar-refractivity contribution in [2.75, 3.05) is 6.54 Å². The van der Waals surface area contributed by atoms with Crippen molar-refractivity contribution in [1.29, 1.82) is 0 Å². The SMILES string of the molecule is Cc1[nH]c2c(Br)cc(C(C)C)cc2c1CCN. The smallest absolute Gasteiger partial charge is 0.0603 e. The van der Waals surface area contributed by atoms with Crippen LogP contribution in [0.2, 0.25) is 0 Å². The summed E-state index contributed by atoms with van der Waals surface area (Å²) in [5.41, 5.74) is 10.8. The Morgan fingerprint density at radius 3 is 2.65 bits per heavy atom. The van der Waals surface area contributed by atoms with Crippen molar-refractivity contribution in [2.45, 2.75) is 33.1 Å². The van der Waals surface area contributed by atoms with E-state index in [0.717, 1.165) is 10.9 Å². The van der Waals surface area contributed by atoms with Gasteiger partial charge in [0, 0.05) is 15.6 Å². The molecule has 2 nitrogen and oxygen atoms in total. The predicted molar refractivity (Wildman–Crippen MR) is 77.6 cm³/mol. The van der Waals surface area contributed by atoms with Crippen molar-refractivity contribution in [3.8, 4) is 0 Å². The van der Waals surface area contributed by atoms with Crippen LogP contribution in [0, 0.1) is 6.92 Å². The molecule has 1 aromatic carbocycles. The first-order chi connectivity index (χ1) is 8.04. The van der Waals surface area contributed by atoms with Crippen LogP contribution < -0.4 is 5.73 Å². The van der Waals surface area contributed by atoms with Gasteiger partial charge in [0.15, 0.2) is 0 Å². The molecule has 0 amide bonds. The molecule has 0 saturated heterocycles. The van der Waals surface area contributed by atoms with E-state index < -0.39 is 0 Å². The monoisotopic (exact) mass is 294 g/mol. The summed E-state index contributed by atoms with van der Waals surface area (Å²) in [6.45, 7) is 7.25. The first-order valence-corrected chi connectivity index (χ1v) is 6.84. The Hall–Kier alpha value is -0.800. The minimum absolute atomic E-state index is 0.539. The van der Waals surface area contributed by atoms with Crippen LogP contribution in [-0.4, -0.2) is 11.5 Å². The molecule has 0 aliphatic heterocycles. The molecule has 0 aliphatic rings. The maximum atomic E-state index is 5.69. The predicted octanol–water partition coefficient (Wildman–Crippen LogP) is 3.86. The number of rotatable bonds is 3. The van der Waals surface area contributed by atoms with E-state index in [1.165, 1.54) is 27.7 Å². The van der Waals surface area contributed by atoms with E-state index in [1.807, 2.05) is 0 Å².